The average Bonchev–Trinajstić information content (AvgIpc) is 2.48. The second kappa shape index (κ2) is 4.47. The lowest BCUT2D eigenvalue weighted by Gasteiger charge is -2.15. The van der Waals surface area contributed by atoms with Crippen LogP contribution in [-0.4, -0.2) is 24.5 Å². The van der Waals surface area contributed by atoms with E-state index in [1.54, 1.807) is 0 Å². The highest BCUT2D eigenvalue weighted by molar-refractivity contribution is 4.90. The van der Waals surface area contributed by atoms with Crippen molar-refractivity contribution in [2.45, 2.75) is 26.7 Å². The summed E-state index contributed by atoms with van der Waals surface area (Å²) in [5.41, 5.74) is 0. The van der Waals surface area contributed by atoms with Crippen LogP contribution in [-0.2, 0) is 0 Å². The lowest BCUT2D eigenvalue weighted by molar-refractivity contribution is 0.308. The number of nitriles is 1. The van der Waals surface area contributed by atoms with Gasteiger partial charge in [-0.25, -0.2) is 0 Å². The molecule has 0 bridgehead atoms. The smallest absolute Gasteiger partial charge is 0.0669 e. The first-order valence-electron chi connectivity index (χ1n) is 4.84. The molecule has 0 aromatic carbocycles. The molecular formula is C10H18N2. The first-order chi connectivity index (χ1) is 5.72. The highest BCUT2D eigenvalue weighted by Gasteiger charge is 2.21. The Kier molecular flexibility index (Phi) is 3.55. The Morgan fingerprint density at radius 3 is 2.83 bits per heavy atom. The Balaban J connectivity index is 2.16. The van der Waals surface area contributed by atoms with Crippen LogP contribution in [0.5, 0.6) is 0 Å². The molecule has 0 spiro atoms. The van der Waals surface area contributed by atoms with Gasteiger partial charge in [0.05, 0.1) is 12.0 Å². The van der Waals surface area contributed by atoms with Gasteiger partial charge in [0.25, 0.3) is 0 Å². The zero-order valence-electron chi connectivity index (χ0n) is 8.08. The van der Waals surface area contributed by atoms with E-state index in [4.69, 9.17) is 5.26 Å². The van der Waals surface area contributed by atoms with Crippen molar-refractivity contribution in [1.29, 1.82) is 5.26 Å². The fourth-order valence-corrected chi connectivity index (χ4v) is 1.58. The molecule has 0 radical (unpaired) electrons. The Morgan fingerprint density at radius 2 is 2.33 bits per heavy atom. The Bertz CT molecular complexity index is 169. The van der Waals surface area contributed by atoms with Gasteiger partial charge in [-0.3, -0.25) is 0 Å². The van der Waals surface area contributed by atoms with E-state index < -0.39 is 0 Å². The quantitative estimate of drug-likeness (QED) is 0.640. The molecule has 0 N–H and O–H groups in total. The van der Waals surface area contributed by atoms with Gasteiger partial charge in [-0.05, 0) is 31.8 Å². The Labute approximate surface area is 75.2 Å². The van der Waals surface area contributed by atoms with Crippen LogP contribution in [0.2, 0.25) is 0 Å². The average molecular weight is 166 g/mol. The van der Waals surface area contributed by atoms with Crippen LogP contribution < -0.4 is 0 Å². The molecule has 1 aliphatic heterocycles. The summed E-state index contributed by atoms with van der Waals surface area (Å²) >= 11 is 0. The number of hydrogen-bond acceptors (Lipinski definition) is 2. The maximum Gasteiger partial charge on any atom is 0.0669 e. The highest BCUT2D eigenvalue weighted by Crippen LogP contribution is 2.15. The van der Waals surface area contributed by atoms with E-state index in [0.717, 1.165) is 25.4 Å². The summed E-state index contributed by atoms with van der Waals surface area (Å²) in [7, 11) is 0. The van der Waals surface area contributed by atoms with Crippen molar-refractivity contribution < 1.29 is 0 Å². The third-order valence-corrected chi connectivity index (χ3v) is 2.48. The minimum Gasteiger partial charge on any atom is -0.302 e. The van der Waals surface area contributed by atoms with Gasteiger partial charge < -0.3 is 4.90 Å². The molecule has 2 heteroatoms. The van der Waals surface area contributed by atoms with E-state index in [1.807, 2.05) is 0 Å². The van der Waals surface area contributed by atoms with Crippen molar-refractivity contribution in [1.82, 2.24) is 4.90 Å². The third kappa shape index (κ3) is 2.83. The number of likely N-dealkylation sites (tertiary alicyclic amines) is 1. The molecule has 1 fully saturated rings. The molecular weight excluding hydrogens is 148 g/mol. The standard InChI is InChI=1S/C10H18N2/c1-9(2)3-5-12-6-4-10(7-11)8-12/h9-10H,3-6,8H2,1-2H3. The van der Waals surface area contributed by atoms with Crippen LogP contribution in [0.1, 0.15) is 26.7 Å². The van der Waals surface area contributed by atoms with Crippen molar-refractivity contribution in [2.24, 2.45) is 11.8 Å². The molecule has 68 valence electrons. The predicted octanol–water partition coefficient (Wildman–Crippen LogP) is 1.88. The molecule has 2 nitrogen and oxygen atoms in total. The van der Waals surface area contributed by atoms with E-state index in [1.165, 1.54) is 13.0 Å². The minimum atomic E-state index is 0.303. The van der Waals surface area contributed by atoms with Gasteiger partial charge in [0.2, 0.25) is 0 Å². The second-order valence-corrected chi connectivity index (χ2v) is 4.10. The lowest BCUT2D eigenvalue weighted by Crippen LogP contribution is -2.22. The van der Waals surface area contributed by atoms with Crippen molar-refractivity contribution in [3.63, 3.8) is 0 Å². The van der Waals surface area contributed by atoms with Gasteiger partial charge in [-0.2, -0.15) is 5.26 Å². The first kappa shape index (κ1) is 9.54. The zero-order valence-corrected chi connectivity index (χ0v) is 8.08. The van der Waals surface area contributed by atoms with E-state index in [0.29, 0.717) is 5.92 Å². The third-order valence-electron chi connectivity index (χ3n) is 2.48. The molecule has 1 unspecified atom stereocenters. The summed E-state index contributed by atoms with van der Waals surface area (Å²) in [6.07, 6.45) is 2.34. The summed E-state index contributed by atoms with van der Waals surface area (Å²) < 4.78 is 0. The van der Waals surface area contributed by atoms with Gasteiger partial charge in [0.15, 0.2) is 0 Å². The summed E-state index contributed by atoms with van der Waals surface area (Å²) in [5.74, 6) is 1.09. The summed E-state index contributed by atoms with van der Waals surface area (Å²) in [5, 5.41) is 8.68. The first-order valence-corrected chi connectivity index (χ1v) is 4.84. The normalized spacial score (nSPS) is 24.7. The van der Waals surface area contributed by atoms with E-state index >= 15 is 0 Å². The SMILES string of the molecule is CC(C)CCN1CCC(C#N)C1. The topological polar surface area (TPSA) is 27.0 Å². The van der Waals surface area contributed by atoms with Crippen LogP contribution in [0, 0.1) is 23.2 Å². The Hall–Kier alpha value is -0.550. The molecule has 1 atom stereocenters. The van der Waals surface area contributed by atoms with Crippen LogP contribution >= 0.6 is 0 Å². The molecule has 0 amide bonds. The van der Waals surface area contributed by atoms with Gasteiger partial charge in [-0.15, -0.1) is 0 Å². The molecule has 1 aliphatic rings. The van der Waals surface area contributed by atoms with E-state index in [9.17, 15) is 0 Å². The fourth-order valence-electron chi connectivity index (χ4n) is 1.58. The van der Waals surface area contributed by atoms with Crippen LogP contribution in [0.4, 0.5) is 0 Å². The van der Waals surface area contributed by atoms with E-state index in [2.05, 4.69) is 24.8 Å². The summed E-state index contributed by atoms with van der Waals surface area (Å²) in [6, 6.07) is 2.34. The number of hydrogen-bond donors (Lipinski definition) is 0. The maximum absolute atomic E-state index is 8.68. The maximum atomic E-state index is 8.68. The second-order valence-electron chi connectivity index (χ2n) is 4.10. The minimum absolute atomic E-state index is 0.303. The van der Waals surface area contributed by atoms with Crippen LogP contribution in [0.3, 0.4) is 0 Å². The highest BCUT2D eigenvalue weighted by atomic mass is 15.1. The fraction of sp³-hybridized carbons (Fsp3) is 0.900. The van der Waals surface area contributed by atoms with Crippen molar-refractivity contribution in [3.05, 3.63) is 0 Å². The molecule has 1 heterocycles. The number of rotatable bonds is 3. The van der Waals surface area contributed by atoms with Crippen LogP contribution in [0.15, 0.2) is 0 Å². The van der Waals surface area contributed by atoms with Gasteiger partial charge in [0.1, 0.15) is 0 Å². The largest absolute Gasteiger partial charge is 0.302 e. The number of nitrogens with zero attached hydrogens (tertiary/aromatic N) is 2. The van der Waals surface area contributed by atoms with Gasteiger partial charge in [-0.1, -0.05) is 13.8 Å². The molecule has 1 rings (SSSR count). The van der Waals surface area contributed by atoms with Gasteiger partial charge >= 0.3 is 0 Å². The molecule has 1 saturated heterocycles. The molecule has 0 aliphatic carbocycles. The monoisotopic (exact) mass is 166 g/mol. The molecule has 0 saturated carbocycles. The van der Waals surface area contributed by atoms with E-state index in [-0.39, 0.29) is 0 Å². The summed E-state index contributed by atoms with van der Waals surface area (Å²) in [6.45, 7) is 7.81. The summed E-state index contributed by atoms with van der Waals surface area (Å²) in [4.78, 5) is 2.41. The van der Waals surface area contributed by atoms with Gasteiger partial charge in [0, 0.05) is 6.54 Å². The van der Waals surface area contributed by atoms with Crippen molar-refractivity contribution >= 4 is 0 Å². The van der Waals surface area contributed by atoms with Crippen molar-refractivity contribution in [3.8, 4) is 6.07 Å². The van der Waals surface area contributed by atoms with Crippen LogP contribution in [0.25, 0.3) is 0 Å². The zero-order chi connectivity index (χ0) is 8.97. The lowest BCUT2D eigenvalue weighted by atomic mass is 10.1. The molecule has 12 heavy (non-hydrogen) atoms. The predicted molar refractivity (Wildman–Crippen MR) is 49.6 cm³/mol. The van der Waals surface area contributed by atoms with Crippen molar-refractivity contribution in [2.75, 3.05) is 19.6 Å². The molecule has 0 aromatic heterocycles. The Morgan fingerprint density at radius 1 is 1.58 bits per heavy atom. The molecule has 0 aromatic rings.